The topological polar surface area (TPSA) is 59.0 Å². The van der Waals surface area contributed by atoms with Crippen molar-refractivity contribution in [1.82, 2.24) is 4.90 Å². The van der Waals surface area contributed by atoms with Gasteiger partial charge in [-0.3, -0.25) is 9.69 Å². The summed E-state index contributed by atoms with van der Waals surface area (Å²) in [5.74, 6) is 0.337. The second kappa shape index (κ2) is 7.00. The number of hydrogen-bond donors (Lipinski definition) is 1. The molecule has 0 aliphatic carbocycles. The molecule has 1 heterocycles. The van der Waals surface area contributed by atoms with E-state index in [9.17, 15) is 9.90 Å². The van der Waals surface area contributed by atoms with Gasteiger partial charge in [0.25, 0.3) is 0 Å². The van der Waals surface area contributed by atoms with E-state index >= 15 is 0 Å². The van der Waals surface area contributed by atoms with Crippen LogP contribution in [-0.2, 0) is 11.3 Å². The first-order valence-electron chi connectivity index (χ1n) is 7.02. The third-order valence-electron chi connectivity index (χ3n) is 3.61. The number of methoxy groups -OCH3 is 1. The van der Waals surface area contributed by atoms with E-state index in [2.05, 4.69) is 0 Å². The first-order valence-corrected chi connectivity index (χ1v) is 7.40. The van der Waals surface area contributed by atoms with Crippen LogP contribution in [0.15, 0.2) is 12.1 Å². The highest BCUT2D eigenvalue weighted by atomic mass is 35.5. The summed E-state index contributed by atoms with van der Waals surface area (Å²) in [6.07, 6.45) is 1.59. The number of carboxylic acid groups (broad SMARTS) is 1. The van der Waals surface area contributed by atoms with Gasteiger partial charge in [0, 0.05) is 6.54 Å². The summed E-state index contributed by atoms with van der Waals surface area (Å²) in [6.45, 7) is 3.73. The number of likely N-dealkylation sites (tertiary alicyclic amines) is 1. The van der Waals surface area contributed by atoms with Crippen LogP contribution < -0.4 is 9.47 Å². The van der Waals surface area contributed by atoms with Crippen molar-refractivity contribution in [3.05, 3.63) is 22.7 Å². The molecule has 1 aromatic carbocycles. The number of carbonyl (C=O) groups is 1. The van der Waals surface area contributed by atoms with Crippen LogP contribution in [0.4, 0.5) is 0 Å². The van der Waals surface area contributed by atoms with Crippen molar-refractivity contribution in [2.24, 2.45) is 0 Å². The van der Waals surface area contributed by atoms with Crippen molar-refractivity contribution in [2.75, 3.05) is 20.3 Å². The van der Waals surface area contributed by atoms with Crippen LogP contribution in [0, 0.1) is 0 Å². The first-order chi connectivity index (χ1) is 10.1. The Bertz CT molecular complexity index is 521. The lowest BCUT2D eigenvalue weighted by molar-refractivity contribution is -0.142. The molecule has 0 radical (unpaired) electrons. The number of rotatable bonds is 6. The molecular weight excluding hydrogens is 294 g/mol. The zero-order chi connectivity index (χ0) is 15.4. The maximum atomic E-state index is 11.2. The van der Waals surface area contributed by atoms with Gasteiger partial charge >= 0.3 is 5.97 Å². The average Bonchev–Trinajstić information content (AvgIpc) is 2.87. The Kier molecular flexibility index (Phi) is 5.31. The van der Waals surface area contributed by atoms with Crippen LogP contribution in [0.2, 0.25) is 5.02 Å². The number of nitrogens with zero attached hydrogens (tertiary/aromatic N) is 1. The SMILES string of the molecule is CCOc1cc(CN2CCCC2C(=O)O)cc(Cl)c1OC. The number of halogens is 1. The van der Waals surface area contributed by atoms with Gasteiger partial charge in [0.1, 0.15) is 6.04 Å². The lowest BCUT2D eigenvalue weighted by Gasteiger charge is -2.22. The van der Waals surface area contributed by atoms with E-state index in [4.69, 9.17) is 21.1 Å². The van der Waals surface area contributed by atoms with Crippen LogP contribution in [0.3, 0.4) is 0 Å². The fraction of sp³-hybridized carbons (Fsp3) is 0.533. The fourth-order valence-corrected chi connectivity index (χ4v) is 3.01. The van der Waals surface area contributed by atoms with Crippen LogP contribution >= 0.6 is 11.6 Å². The molecule has 0 spiro atoms. The van der Waals surface area contributed by atoms with E-state index in [0.717, 1.165) is 18.5 Å². The van der Waals surface area contributed by atoms with Gasteiger partial charge < -0.3 is 14.6 Å². The summed E-state index contributed by atoms with van der Waals surface area (Å²) in [6, 6.07) is 3.26. The molecule has 0 amide bonds. The van der Waals surface area contributed by atoms with Crippen LogP contribution in [0.1, 0.15) is 25.3 Å². The highest BCUT2D eigenvalue weighted by Gasteiger charge is 2.30. The van der Waals surface area contributed by atoms with E-state index in [1.165, 1.54) is 0 Å². The summed E-state index contributed by atoms with van der Waals surface area (Å²) >= 11 is 6.21. The lowest BCUT2D eigenvalue weighted by Crippen LogP contribution is -2.35. The normalized spacial score (nSPS) is 18.7. The van der Waals surface area contributed by atoms with Crippen molar-refractivity contribution < 1.29 is 19.4 Å². The zero-order valence-electron chi connectivity index (χ0n) is 12.3. The van der Waals surface area contributed by atoms with Crippen LogP contribution in [0.5, 0.6) is 11.5 Å². The van der Waals surface area contributed by atoms with E-state index in [1.54, 1.807) is 13.2 Å². The molecule has 0 saturated carbocycles. The Morgan fingerprint density at radius 3 is 2.90 bits per heavy atom. The van der Waals surface area contributed by atoms with Crippen molar-refractivity contribution in [1.29, 1.82) is 0 Å². The highest BCUT2D eigenvalue weighted by Crippen LogP contribution is 2.37. The minimum absolute atomic E-state index is 0.415. The van der Waals surface area contributed by atoms with Gasteiger partial charge in [-0.2, -0.15) is 0 Å². The molecule has 1 N–H and O–H groups in total. The molecule has 1 atom stereocenters. The van der Waals surface area contributed by atoms with Gasteiger partial charge in [0.15, 0.2) is 11.5 Å². The summed E-state index contributed by atoms with van der Waals surface area (Å²) in [5, 5.41) is 9.70. The molecule has 1 aromatic rings. The Balaban J connectivity index is 2.22. The molecule has 116 valence electrons. The number of carboxylic acids is 1. The standard InChI is InChI=1S/C15H20ClNO4/c1-3-21-13-8-10(7-11(16)14(13)20-2)9-17-6-4-5-12(17)15(18)19/h7-8,12H,3-6,9H2,1-2H3,(H,18,19). The van der Waals surface area contributed by atoms with Gasteiger partial charge in [-0.05, 0) is 44.0 Å². The smallest absolute Gasteiger partial charge is 0.320 e. The van der Waals surface area contributed by atoms with E-state index in [1.807, 2.05) is 17.9 Å². The third kappa shape index (κ3) is 3.60. The summed E-state index contributed by atoms with van der Waals surface area (Å²) in [5.41, 5.74) is 0.928. The van der Waals surface area contributed by atoms with Crippen molar-refractivity contribution in [2.45, 2.75) is 32.4 Å². The molecule has 2 rings (SSSR count). The Morgan fingerprint density at radius 1 is 1.52 bits per heavy atom. The van der Waals surface area contributed by atoms with Crippen LogP contribution in [-0.4, -0.2) is 42.3 Å². The fourth-order valence-electron chi connectivity index (χ4n) is 2.70. The Morgan fingerprint density at radius 2 is 2.29 bits per heavy atom. The van der Waals surface area contributed by atoms with Crippen LogP contribution in [0.25, 0.3) is 0 Å². The predicted octanol–water partition coefficient (Wildman–Crippen LogP) is 2.80. The van der Waals surface area contributed by atoms with E-state index in [0.29, 0.717) is 36.1 Å². The number of aliphatic carboxylic acids is 1. The Hall–Kier alpha value is -1.46. The van der Waals surface area contributed by atoms with Crippen molar-refractivity contribution >= 4 is 17.6 Å². The molecule has 1 saturated heterocycles. The summed E-state index contributed by atoms with van der Waals surface area (Å²) in [4.78, 5) is 13.2. The predicted molar refractivity (Wildman–Crippen MR) is 80.2 cm³/mol. The monoisotopic (exact) mass is 313 g/mol. The van der Waals surface area contributed by atoms with Gasteiger partial charge in [-0.1, -0.05) is 11.6 Å². The lowest BCUT2D eigenvalue weighted by atomic mass is 10.1. The van der Waals surface area contributed by atoms with E-state index < -0.39 is 12.0 Å². The molecule has 0 bridgehead atoms. The van der Waals surface area contributed by atoms with Gasteiger partial charge in [-0.15, -0.1) is 0 Å². The summed E-state index contributed by atoms with van der Waals surface area (Å²) < 4.78 is 10.8. The molecule has 1 unspecified atom stereocenters. The quantitative estimate of drug-likeness (QED) is 0.875. The number of hydrogen-bond acceptors (Lipinski definition) is 4. The molecule has 5 nitrogen and oxygen atoms in total. The van der Waals surface area contributed by atoms with Crippen molar-refractivity contribution in [3.63, 3.8) is 0 Å². The number of benzene rings is 1. The molecule has 1 fully saturated rings. The minimum Gasteiger partial charge on any atom is -0.491 e. The molecule has 6 heteroatoms. The molecule has 21 heavy (non-hydrogen) atoms. The highest BCUT2D eigenvalue weighted by molar-refractivity contribution is 6.32. The molecule has 1 aliphatic rings. The summed E-state index contributed by atoms with van der Waals surface area (Å²) in [7, 11) is 1.55. The number of ether oxygens (including phenoxy) is 2. The maximum absolute atomic E-state index is 11.2. The van der Waals surface area contributed by atoms with Gasteiger partial charge in [0.05, 0.1) is 18.7 Å². The minimum atomic E-state index is -0.767. The molecule has 0 aromatic heterocycles. The Labute approximate surface area is 129 Å². The second-order valence-electron chi connectivity index (χ2n) is 5.01. The maximum Gasteiger partial charge on any atom is 0.320 e. The average molecular weight is 314 g/mol. The van der Waals surface area contributed by atoms with E-state index in [-0.39, 0.29) is 0 Å². The molecule has 1 aliphatic heterocycles. The van der Waals surface area contributed by atoms with Gasteiger partial charge in [0.2, 0.25) is 0 Å². The largest absolute Gasteiger partial charge is 0.491 e. The van der Waals surface area contributed by atoms with Crippen molar-refractivity contribution in [3.8, 4) is 11.5 Å². The zero-order valence-corrected chi connectivity index (χ0v) is 13.0. The second-order valence-corrected chi connectivity index (χ2v) is 5.42. The van der Waals surface area contributed by atoms with Gasteiger partial charge in [-0.25, -0.2) is 0 Å². The third-order valence-corrected chi connectivity index (χ3v) is 3.89. The first kappa shape index (κ1) is 15.9. The molecular formula is C15H20ClNO4.